The van der Waals surface area contributed by atoms with Crippen LogP contribution in [-0.2, 0) is 11.3 Å². The van der Waals surface area contributed by atoms with Gasteiger partial charge in [-0.25, -0.2) is 0 Å². The molecule has 0 unspecified atom stereocenters. The molecule has 0 aliphatic carbocycles. The number of amides is 1. The van der Waals surface area contributed by atoms with Gasteiger partial charge in [0.2, 0.25) is 5.91 Å². The first-order valence-electron chi connectivity index (χ1n) is 8.50. The standard InChI is InChI=1S/C21H22N2O2S/c1-14-11-20(18-12-17(25-3)9-10-19(18)23-14)26-15(2)21(24)22-13-16-7-5-4-6-8-16/h4-12,15H,13H2,1-3H3,(H,22,24)/t15-/m1/s1. The maximum Gasteiger partial charge on any atom is 0.233 e. The van der Waals surface area contributed by atoms with Crippen LogP contribution in [0.1, 0.15) is 18.2 Å². The molecule has 1 N–H and O–H groups in total. The largest absolute Gasteiger partial charge is 0.497 e. The number of thioether (sulfide) groups is 1. The van der Waals surface area contributed by atoms with Gasteiger partial charge in [-0.2, -0.15) is 0 Å². The number of nitrogens with zero attached hydrogens (tertiary/aromatic N) is 1. The van der Waals surface area contributed by atoms with Crippen molar-refractivity contribution < 1.29 is 9.53 Å². The Labute approximate surface area is 158 Å². The number of methoxy groups -OCH3 is 1. The Kier molecular flexibility index (Phi) is 5.78. The minimum Gasteiger partial charge on any atom is -0.497 e. The number of carbonyl (C=O) groups is 1. The molecule has 4 nitrogen and oxygen atoms in total. The molecular formula is C21H22N2O2S. The van der Waals surface area contributed by atoms with Crippen molar-refractivity contribution in [3.05, 3.63) is 65.9 Å². The molecule has 134 valence electrons. The smallest absolute Gasteiger partial charge is 0.233 e. The van der Waals surface area contributed by atoms with Crippen molar-refractivity contribution in [1.29, 1.82) is 0 Å². The minimum atomic E-state index is -0.213. The molecule has 0 saturated heterocycles. The van der Waals surface area contributed by atoms with Gasteiger partial charge in [-0.1, -0.05) is 30.3 Å². The molecule has 3 rings (SSSR count). The number of aryl methyl sites for hydroxylation is 1. The Hall–Kier alpha value is -2.53. The van der Waals surface area contributed by atoms with E-state index >= 15 is 0 Å². The average molecular weight is 366 g/mol. The lowest BCUT2D eigenvalue weighted by Crippen LogP contribution is -2.30. The highest BCUT2D eigenvalue weighted by Gasteiger charge is 2.16. The molecule has 1 heterocycles. The van der Waals surface area contributed by atoms with Crippen LogP contribution in [0.3, 0.4) is 0 Å². The van der Waals surface area contributed by atoms with Gasteiger partial charge in [0.05, 0.1) is 17.9 Å². The lowest BCUT2D eigenvalue weighted by atomic mass is 10.2. The number of ether oxygens (including phenoxy) is 1. The summed E-state index contributed by atoms with van der Waals surface area (Å²) >= 11 is 1.54. The molecular weight excluding hydrogens is 344 g/mol. The van der Waals surface area contributed by atoms with Crippen molar-refractivity contribution in [2.45, 2.75) is 30.5 Å². The maximum absolute atomic E-state index is 12.5. The monoisotopic (exact) mass is 366 g/mol. The lowest BCUT2D eigenvalue weighted by molar-refractivity contribution is -0.120. The number of rotatable bonds is 6. The molecule has 0 spiro atoms. The molecule has 0 aliphatic heterocycles. The maximum atomic E-state index is 12.5. The molecule has 3 aromatic rings. The summed E-state index contributed by atoms with van der Waals surface area (Å²) in [7, 11) is 1.65. The summed E-state index contributed by atoms with van der Waals surface area (Å²) in [5, 5.41) is 3.79. The zero-order chi connectivity index (χ0) is 18.5. The number of carbonyl (C=O) groups excluding carboxylic acids is 1. The predicted molar refractivity (Wildman–Crippen MR) is 107 cm³/mol. The molecule has 26 heavy (non-hydrogen) atoms. The summed E-state index contributed by atoms with van der Waals surface area (Å²) in [5.41, 5.74) is 2.93. The second kappa shape index (κ2) is 8.23. The van der Waals surface area contributed by atoms with E-state index in [0.717, 1.165) is 32.8 Å². The Bertz CT molecular complexity index is 913. The van der Waals surface area contributed by atoms with Gasteiger partial charge in [0, 0.05) is 22.5 Å². The van der Waals surface area contributed by atoms with Gasteiger partial charge in [-0.05, 0) is 43.7 Å². The fraction of sp³-hybridized carbons (Fsp3) is 0.238. The van der Waals surface area contributed by atoms with Gasteiger partial charge in [-0.15, -0.1) is 11.8 Å². The van der Waals surface area contributed by atoms with Crippen LogP contribution in [0.15, 0.2) is 59.5 Å². The van der Waals surface area contributed by atoms with Gasteiger partial charge in [0.25, 0.3) is 0 Å². The zero-order valence-electron chi connectivity index (χ0n) is 15.2. The van der Waals surface area contributed by atoms with Gasteiger partial charge >= 0.3 is 0 Å². The molecule has 0 bridgehead atoms. The van der Waals surface area contributed by atoms with Crippen LogP contribution in [0.2, 0.25) is 0 Å². The Balaban J connectivity index is 1.75. The zero-order valence-corrected chi connectivity index (χ0v) is 16.0. The summed E-state index contributed by atoms with van der Waals surface area (Å²) in [5.74, 6) is 0.801. The number of benzene rings is 2. The molecule has 0 radical (unpaired) electrons. The van der Waals surface area contributed by atoms with Crippen LogP contribution in [0.5, 0.6) is 5.75 Å². The highest BCUT2D eigenvalue weighted by Crippen LogP contribution is 2.33. The van der Waals surface area contributed by atoms with Crippen LogP contribution in [0.25, 0.3) is 10.9 Å². The van der Waals surface area contributed by atoms with Crippen molar-refractivity contribution in [1.82, 2.24) is 10.3 Å². The number of aromatic nitrogens is 1. The summed E-state index contributed by atoms with van der Waals surface area (Å²) in [6, 6.07) is 17.8. The van der Waals surface area contributed by atoms with Crippen molar-refractivity contribution in [3.8, 4) is 5.75 Å². The van der Waals surface area contributed by atoms with E-state index < -0.39 is 0 Å². The van der Waals surface area contributed by atoms with E-state index in [-0.39, 0.29) is 11.2 Å². The first-order valence-corrected chi connectivity index (χ1v) is 9.38. The van der Waals surface area contributed by atoms with Crippen LogP contribution in [-0.4, -0.2) is 23.3 Å². The number of hydrogen-bond acceptors (Lipinski definition) is 4. The normalized spacial score (nSPS) is 12.0. The summed E-state index contributed by atoms with van der Waals surface area (Å²) in [4.78, 5) is 18.1. The van der Waals surface area contributed by atoms with E-state index in [1.807, 2.05) is 68.4 Å². The van der Waals surface area contributed by atoms with E-state index in [1.54, 1.807) is 18.9 Å². The minimum absolute atomic E-state index is 0.0179. The second-order valence-electron chi connectivity index (χ2n) is 6.11. The van der Waals surface area contributed by atoms with Crippen molar-refractivity contribution in [2.75, 3.05) is 7.11 Å². The fourth-order valence-electron chi connectivity index (χ4n) is 2.70. The fourth-order valence-corrected chi connectivity index (χ4v) is 3.80. The topological polar surface area (TPSA) is 51.2 Å². The van der Waals surface area contributed by atoms with Gasteiger partial charge in [0.1, 0.15) is 5.75 Å². The van der Waals surface area contributed by atoms with Crippen molar-refractivity contribution in [3.63, 3.8) is 0 Å². The molecule has 1 aromatic heterocycles. The van der Waals surface area contributed by atoms with E-state index in [4.69, 9.17) is 4.74 Å². The summed E-state index contributed by atoms with van der Waals surface area (Å²) in [6.45, 7) is 4.43. The molecule has 1 atom stereocenters. The quantitative estimate of drug-likeness (QED) is 0.659. The second-order valence-corrected chi connectivity index (χ2v) is 7.49. The van der Waals surface area contributed by atoms with E-state index in [9.17, 15) is 4.79 Å². The molecule has 2 aromatic carbocycles. The molecule has 5 heteroatoms. The van der Waals surface area contributed by atoms with Crippen LogP contribution in [0.4, 0.5) is 0 Å². The van der Waals surface area contributed by atoms with Crippen molar-refractivity contribution >= 4 is 28.6 Å². The van der Waals surface area contributed by atoms with E-state index in [2.05, 4.69) is 10.3 Å². The number of nitrogens with one attached hydrogen (secondary N) is 1. The van der Waals surface area contributed by atoms with Gasteiger partial charge in [-0.3, -0.25) is 9.78 Å². The molecule has 0 fully saturated rings. The summed E-state index contributed by atoms with van der Waals surface area (Å²) < 4.78 is 5.33. The number of hydrogen-bond donors (Lipinski definition) is 1. The number of fused-ring (bicyclic) bond motifs is 1. The summed E-state index contributed by atoms with van der Waals surface area (Å²) in [6.07, 6.45) is 0. The number of pyridine rings is 1. The van der Waals surface area contributed by atoms with E-state index in [0.29, 0.717) is 6.54 Å². The van der Waals surface area contributed by atoms with Gasteiger partial charge < -0.3 is 10.1 Å². The Morgan fingerprint density at radius 1 is 1.19 bits per heavy atom. The average Bonchev–Trinajstić information content (AvgIpc) is 2.66. The third-order valence-corrected chi connectivity index (χ3v) is 5.25. The molecule has 0 saturated carbocycles. The van der Waals surface area contributed by atoms with Crippen molar-refractivity contribution in [2.24, 2.45) is 0 Å². The third kappa shape index (κ3) is 4.35. The van der Waals surface area contributed by atoms with Crippen LogP contribution in [0, 0.1) is 6.92 Å². The molecule has 1 amide bonds. The highest BCUT2D eigenvalue weighted by atomic mass is 32.2. The van der Waals surface area contributed by atoms with Crippen LogP contribution < -0.4 is 10.1 Å². The van der Waals surface area contributed by atoms with E-state index in [1.165, 1.54) is 0 Å². The Morgan fingerprint density at radius 3 is 2.69 bits per heavy atom. The van der Waals surface area contributed by atoms with Gasteiger partial charge in [0.15, 0.2) is 0 Å². The lowest BCUT2D eigenvalue weighted by Gasteiger charge is -2.14. The first kappa shape index (κ1) is 18.3. The molecule has 0 aliphatic rings. The van der Waals surface area contributed by atoms with Crippen LogP contribution >= 0.6 is 11.8 Å². The first-order chi connectivity index (χ1) is 12.6. The predicted octanol–water partition coefficient (Wildman–Crippen LogP) is 4.35. The highest BCUT2D eigenvalue weighted by molar-refractivity contribution is 8.00. The SMILES string of the molecule is COc1ccc2nc(C)cc(S[C@H](C)C(=O)NCc3ccccc3)c2c1. The Morgan fingerprint density at radius 2 is 1.96 bits per heavy atom. The third-order valence-electron chi connectivity index (χ3n) is 4.09.